The van der Waals surface area contributed by atoms with Crippen LogP contribution in [-0.2, 0) is 4.74 Å². The van der Waals surface area contributed by atoms with E-state index in [1.165, 1.54) is 5.56 Å². The van der Waals surface area contributed by atoms with E-state index < -0.39 is 0 Å². The van der Waals surface area contributed by atoms with Gasteiger partial charge in [-0.25, -0.2) is 0 Å². The molecule has 1 aromatic carbocycles. The first-order valence-corrected chi connectivity index (χ1v) is 8.27. The normalized spacial score (nSPS) is 23.2. The van der Waals surface area contributed by atoms with E-state index in [1.54, 1.807) is 0 Å². The molecule has 0 saturated carbocycles. The molecule has 0 amide bonds. The summed E-state index contributed by atoms with van der Waals surface area (Å²) in [6.07, 6.45) is 0.332. The summed E-state index contributed by atoms with van der Waals surface area (Å²) < 4.78 is 5.72. The average molecular weight is 290 g/mol. The molecule has 3 nitrogen and oxygen atoms in total. The lowest BCUT2D eigenvalue weighted by Crippen LogP contribution is -2.53. The molecule has 1 N–H and O–H groups in total. The van der Waals surface area contributed by atoms with Crippen molar-refractivity contribution >= 4 is 0 Å². The highest BCUT2D eigenvalue weighted by atomic mass is 16.5. The van der Waals surface area contributed by atoms with Crippen LogP contribution >= 0.6 is 0 Å². The SMILES string of the molecule is CCNC(c1ccccc1)C(C(C)C)N1CCOC(C)C1. The smallest absolute Gasteiger partial charge is 0.0674 e. The zero-order valence-electron chi connectivity index (χ0n) is 13.9. The van der Waals surface area contributed by atoms with Crippen molar-refractivity contribution in [2.45, 2.75) is 45.9 Å². The lowest BCUT2D eigenvalue weighted by Gasteiger charge is -2.43. The molecule has 1 aliphatic heterocycles. The van der Waals surface area contributed by atoms with Crippen LogP contribution < -0.4 is 5.32 Å². The van der Waals surface area contributed by atoms with E-state index in [0.29, 0.717) is 24.1 Å². The summed E-state index contributed by atoms with van der Waals surface area (Å²) in [5, 5.41) is 3.71. The highest BCUT2D eigenvalue weighted by Crippen LogP contribution is 2.28. The minimum atomic E-state index is 0.332. The lowest BCUT2D eigenvalue weighted by molar-refractivity contribution is -0.0481. The maximum absolute atomic E-state index is 5.72. The molecule has 21 heavy (non-hydrogen) atoms. The van der Waals surface area contributed by atoms with Crippen molar-refractivity contribution in [3.05, 3.63) is 35.9 Å². The Kier molecular flexibility index (Phi) is 6.22. The van der Waals surface area contributed by atoms with Crippen LogP contribution in [-0.4, -0.2) is 43.3 Å². The molecule has 3 unspecified atom stereocenters. The first kappa shape index (κ1) is 16.5. The highest BCUT2D eigenvalue weighted by Gasteiger charge is 2.33. The Morgan fingerprint density at radius 2 is 2.00 bits per heavy atom. The van der Waals surface area contributed by atoms with Gasteiger partial charge in [-0.05, 0) is 24.9 Å². The monoisotopic (exact) mass is 290 g/mol. The molecule has 3 heteroatoms. The van der Waals surface area contributed by atoms with Gasteiger partial charge in [0.2, 0.25) is 0 Å². The van der Waals surface area contributed by atoms with Crippen LogP contribution in [0, 0.1) is 5.92 Å². The number of nitrogens with one attached hydrogen (secondary N) is 1. The van der Waals surface area contributed by atoms with Crippen molar-refractivity contribution in [2.24, 2.45) is 5.92 Å². The fourth-order valence-corrected chi connectivity index (χ4v) is 3.45. The van der Waals surface area contributed by atoms with Gasteiger partial charge >= 0.3 is 0 Å². The van der Waals surface area contributed by atoms with Gasteiger partial charge in [-0.2, -0.15) is 0 Å². The minimum Gasteiger partial charge on any atom is -0.376 e. The van der Waals surface area contributed by atoms with Crippen LogP contribution in [0.3, 0.4) is 0 Å². The van der Waals surface area contributed by atoms with E-state index in [2.05, 4.69) is 68.2 Å². The molecular formula is C18H30N2O. The third kappa shape index (κ3) is 4.29. The molecule has 0 aromatic heterocycles. The van der Waals surface area contributed by atoms with E-state index in [4.69, 9.17) is 4.74 Å². The Hall–Kier alpha value is -0.900. The minimum absolute atomic E-state index is 0.332. The second kappa shape index (κ2) is 7.92. The van der Waals surface area contributed by atoms with Crippen molar-refractivity contribution in [3.8, 4) is 0 Å². The zero-order chi connectivity index (χ0) is 15.2. The van der Waals surface area contributed by atoms with Gasteiger partial charge in [0, 0.05) is 25.2 Å². The highest BCUT2D eigenvalue weighted by molar-refractivity contribution is 5.21. The molecular weight excluding hydrogens is 260 g/mol. The molecule has 1 aliphatic rings. The zero-order valence-corrected chi connectivity index (χ0v) is 13.9. The number of morpholine rings is 1. The molecule has 1 saturated heterocycles. The summed E-state index contributed by atoms with van der Waals surface area (Å²) in [7, 11) is 0. The molecule has 1 fully saturated rings. The first-order valence-electron chi connectivity index (χ1n) is 8.27. The van der Waals surface area contributed by atoms with Crippen LogP contribution in [0.1, 0.15) is 39.3 Å². The molecule has 0 bridgehead atoms. The summed E-state index contributed by atoms with van der Waals surface area (Å²) in [6.45, 7) is 12.9. The predicted molar refractivity (Wildman–Crippen MR) is 88.5 cm³/mol. The van der Waals surface area contributed by atoms with Gasteiger partial charge in [0.05, 0.1) is 12.7 Å². The number of nitrogens with zero attached hydrogens (tertiary/aromatic N) is 1. The molecule has 0 spiro atoms. The van der Waals surface area contributed by atoms with E-state index in [-0.39, 0.29) is 0 Å². The molecule has 0 radical (unpaired) electrons. The molecule has 3 atom stereocenters. The fraction of sp³-hybridized carbons (Fsp3) is 0.667. The van der Waals surface area contributed by atoms with Crippen LogP contribution in [0.15, 0.2) is 30.3 Å². The van der Waals surface area contributed by atoms with Crippen LogP contribution in [0.2, 0.25) is 0 Å². The topological polar surface area (TPSA) is 24.5 Å². The van der Waals surface area contributed by atoms with E-state index >= 15 is 0 Å². The number of ether oxygens (including phenoxy) is 1. The Bertz CT molecular complexity index is 407. The second-order valence-electron chi connectivity index (χ2n) is 6.36. The van der Waals surface area contributed by atoms with Crippen molar-refractivity contribution in [2.75, 3.05) is 26.2 Å². The number of hydrogen-bond donors (Lipinski definition) is 1. The van der Waals surface area contributed by atoms with Crippen LogP contribution in [0.25, 0.3) is 0 Å². The van der Waals surface area contributed by atoms with Gasteiger partial charge in [0.1, 0.15) is 0 Å². The largest absolute Gasteiger partial charge is 0.376 e. The van der Waals surface area contributed by atoms with Gasteiger partial charge in [-0.1, -0.05) is 51.1 Å². The van der Waals surface area contributed by atoms with Crippen molar-refractivity contribution in [1.82, 2.24) is 10.2 Å². The standard InChI is InChI=1S/C18H30N2O/c1-5-19-17(16-9-7-6-8-10-16)18(14(2)3)20-11-12-21-15(4)13-20/h6-10,14-15,17-19H,5,11-13H2,1-4H3. The molecule has 1 heterocycles. The third-order valence-corrected chi connectivity index (χ3v) is 4.30. The number of benzene rings is 1. The van der Waals surface area contributed by atoms with E-state index in [9.17, 15) is 0 Å². The van der Waals surface area contributed by atoms with Gasteiger partial charge in [-0.15, -0.1) is 0 Å². The summed E-state index contributed by atoms with van der Waals surface area (Å²) in [6, 6.07) is 11.7. The summed E-state index contributed by atoms with van der Waals surface area (Å²) in [4.78, 5) is 2.61. The van der Waals surface area contributed by atoms with Gasteiger partial charge in [0.15, 0.2) is 0 Å². The maximum atomic E-state index is 5.72. The Labute approximate surface area is 129 Å². The van der Waals surface area contributed by atoms with Crippen molar-refractivity contribution < 1.29 is 4.74 Å². The Balaban J connectivity index is 2.24. The first-order chi connectivity index (χ1) is 10.1. The lowest BCUT2D eigenvalue weighted by atomic mass is 9.89. The van der Waals surface area contributed by atoms with Gasteiger partial charge in [0.25, 0.3) is 0 Å². The summed E-state index contributed by atoms with van der Waals surface area (Å²) in [5.74, 6) is 0.597. The Morgan fingerprint density at radius 1 is 1.29 bits per heavy atom. The molecule has 1 aromatic rings. The predicted octanol–water partition coefficient (Wildman–Crippen LogP) is 3.08. The summed E-state index contributed by atoms with van der Waals surface area (Å²) >= 11 is 0. The van der Waals surface area contributed by atoms with Crippen molar-refractivity contribution in [1.29, 1.82) is 0 Å². The number of rotatable bonds is 6. The van der Waals surface area contributed by atoms with E-state index in [0.717, 1.165) is 26.2 Å². The summed E-state index contributed by atoms with van der Waals surface area (Å²) in [5.41, 5.74) is 1.39. The quantitative estimate of drug-likeness (QED) is 0.871. The molecule has 2 rings (SSSR count). The van der Waals surface area contributed by atoms with Crippen LogP contribution in [0.5, 0.6) is 0 Å². The molecule has 118 valence electrons. The number of hydrogen-bond acceptors (Lipinski definition) is 3. The van der Waals surface area contributed by atoms with Gasteiger partial charge in [-0.3, -0.25) is 4.90 Å². The average Bonchev–Trinajstić information content (AvgIpc) is 2.47. The third-order valence-electron chi connectivity index (χ3n) is 4.30. The van der Waals surface area contributed by atoms with Gasteiger partial charge < -0.3 is 10.1 Å². The van der Waals surface area contributed by atoms with Crippen LogP contribution in [0.4, 0.5) is 0 Å². The second-order valence-corrected chi connectivity index (χ2v) is 6.36. The maximum Gasteiger partial charge on any atom is 0.0674 e. The number of likely N-dealkylation sites (N-methyl/N-ethyl adjacent to an activating group) is 1. The molecule has 0 aliphatic carbocycles. The fourth-order valence-electron chi connectivity index (χ4n) is 3.45. The van der Waals surface area contributed by atoms with Crippen molar-refractivity contribution in [3.63, 3.8) is 0 Å². The van der Waals surface area contributed by atoms with E-state index in [1.807, 2.05) is 0 Å². The Morgan fingerprint density at radius 3 is 2.57 bits per heavy atom.